The average molecular weight is 246 g/mol. The lowest BCUT2D eigenvalue weighted by atomic mass is 10.0. The predicted molar refractivity (Wildman–Crippen MR) is 73.3 cm³/mol. The zero-order chi connectivity index (χ0) is 12.1. The zero-order valence-corrected chi connectivity index (χ0v) is 11.2. The Kier molecular flexibility index (Phi) is 4.29. The fraction of sp³-hybridized carbons (Fsp3) is 0.357. The second-order valence-corrected chi connectivity index (χ2v) is 5.41. The number of thiazole rings is 1. The molecule has 17 heavy (non-hydrogen) atoms. The van der Waals surface area contributed by atoms with Gasteiger partial charge in [0.25, 0.3) is 0 Å². The normalized spacial score (nSPS) is 12.9. The number of aromatic nitrogens is 1. The number of nitrogens with zero attached hydrogens (tertiary/aromatic N) is 2. The van der Waals surface area contributed by atoms with E-state index in [1.807, 2.05) is 11.6 Å². The summed E-state index contributed by atoms with van der Waals surface area (Å²) in [5.41, 5.74) is 1.40. The Morgan fingerprint density at radius 2 is 2.06 bits per heavy atom. The van der Waals surface area contributed by atoms with E-state index in [0.717, 1.165) is 13.1 Å². The van der Waals surface area contributed by atoms with Gasteiger partial charge in [-0.15, -0.1) is 11.3 Å². The first-order valence-electron chi connectivity index (χ1n) is 5.87. The topological polar surface area (TPSA) is 16.1 Å². The van der Waals surface area contributed by atoms with Gasteiger partial charge in [0.15, 0.2) is 0 Å². The highest BCUT2D eigenvalue weighted by Crippen LogP contribution is 2.16. The number of benzene rings is 1. The molecule has 0 spiro atoms. The van der Waals surface area contributed by atoms with Crippen molar-refractivity contribution in [2.45, 2.75) is 19.4 Å². The molecule has 0 fully saturated rings. The molecule has 1 aromatic heterocycles. The van der Waals surface area contributed by atoms with Crippen LogP contribution in [0.15, 0.2) is 41.9 Å². The van der Waals surface area contributed by atoms with E-state index in [9.17, 15) is 0 Å². The molecule has 0 aliphatic rings. The van der Waals surface area contributed by atoms with Crippen molar-refractivity contribution >= 4 is 11.3 Å². The summed E-state index contributed by atoms with van der Waals surface area (Å²) in [4.78, 5) is 6.64. The van der Waals surface area contributed by atoms with Crippen molar-refractivity contribution in [3.8, 4) is 0 Å². The van der Waals surface area contributed by atoms with Crippen molar-refractivity contribution in [1.29, 1.82) is 0 Å². The van der Waals surface area contributed by atoms with Crippen LogP contribution in [0, 0.1) is 0 Å². The first kappa shape index (κ1) is 12.3. The molecule has 0 radical (unpaired) electrons. The van der Waals surface area contributed by atoms with Crippen LogP contribution in [0.2, 0.25) is 0 Å². The summed E-state index contributed by atoms with van der Waals surface area (Å²) >= 11 is 1.72. The Bertz CT molecular complexity index is 425. The van der Waals surface area contributed by atoms with Crippen LogP contribution in [0.1, 0.15) is 23.4 Å². The highest BCUT2D eigenvalue weighted by molar-refractivity contribution is 7.09. The van der Waals surface area contributed by atoms with Gasteiger partial charge in [0.05, 0.1) is 6.54 Å². The molecular formula is C14H18N2S. The minimum atomic E-state index is 0.557. The van der Waals surface area contributed by atoms with Crippen LogP contribution < -0.4 is 0 Å². The molecule has 0 amide bonds. The van der Waals surface area contributed by atoms with Crippen LogP contribution in [-0.2, 0) is 6.54 Å². The van der Waals surface area contributed by atoms with E-state index in [2.05, 4.69) is 54.2 Å². The molecule has 0 bridgehead atoms. The number of likely N-dealkylation sites (N-methyl/N-ethyl adjacent to an activating group) is 1. The molecule has 1 atom stereocenters. The van der Waals surface area contributed by atoms with Crippen molar-refractivity contribution in [3.63, 3.8) is 0 Å². The molecule has 0 saturated heterocycles. The predicted octanol–water partition coefficient (Wildman–Crippen LogP) is 3.38. The van der Waals surface area contributed by atoms with Crippen LogP contribution >= 0.6 is 11.3 Å². The largest absolute Gasteiger partial charge is 0.299 e. The molecule has 0 N–H and O–H groups in total. The van der Waals surface area contributed by atoms with Gasteiger partial charge in [0, 0.05) is 18.1 Å². The Hall–Kier alpha value is -1.19. The van der Waals surface area contributed by atoms with Gasteiger partial charge in [-0.25, -0.2) is 4.98 Å². The maximum atomic E-state index is 4.31. The van der Waals surface area contributed by atoms with Crippen molar-refractivity contribution in [2.24, 2.45) is 0 Å². The van der Waals surface area contributed by atoms with Crippen molar-refractivity contribution < 1.29 is 0 Å². The van der Waals surface area contributed by atoms with E-state index in [4.69, 9.17) is 0 Å². The van der Waals surface area contributed by atoms with Gasteiger partial charge in [-0.3, -0.25) is 4.90 Å². The van der Waals surface area contributed by atoms with Gasteiger partial charge in [-0.2, -0.15) is 0 Å². The zero-order valence-electron chi connectivity index (χ0n) is 10.3. The van der Waals surface area contributed by atoms with Gasteiger partial charge < -0.3 is 0 Å². The summed E-state index contributed by atoms with van der Waals surface area (Å²) in [6.07, 6.45) is 1.87. The van der Waals surface area contributed by atoms with Crippen molar-refractivity contribution in [1.82, 2.24) is 9.88 Å². The van der Waals surface area contributed by atoms with E-state index in [0.29, 0.717) is 5.92 Å². The minimum Gasteiger partial charge on any atom is -0.299 e. The number of hydrogen-bond acceptors (Lipinski definition) is 3. The van der Waals surface area contributed by atoms with Crippen LogP contribution in [-0.4, -0.2) is 23.5 Å². The molecule has 1 aromatic carbocycles. The molecule has 0 saturated carbocycles. The molecule has 2 aromatic rings. The number of hydrogen-bond donors (Lipinski definition) is 0. The quantitative estimate of drug-likeness (QED) is 0.804. The first-order chi connectivity index (χ1) is 8.25. The molecule has 1 unspecified atom stereocenters. The maximum Gasteiger partial charge on any atom is 0.107 e. The molecule has 2 nitrogen and oxygen atoms in total. The summed E-state index contributed by atoms with van der Waals surface area (Å²) in [6, 6.07) is 10.7. The molecular weight excluding hydrogens is 228 g/mol. The average Bonchev–Trinajstić information content (AvgIpc) is 2.82. The number of rotatable bonds is 5. The van der Waals surface area contributed by atoms with Gasteiger partial charge in [-0.1, -0.05) is 37.3 Å². The first-order valence-corrected chi connectivity index (χ1v) is 6.75. The third-order valence-electron chi connectivity index (χ3n) is 2.84. The van der Waals surface area contributed by atoms with Gasteiger partial charge in [0.2, 0.25) is 0 Å². The second kappa shape index (κ2) is 5.94. The van der Waals surface area contributed by atoms with E-state index < -0.39 is 0 Å². The maximum absolute atomic E-state index is 4.31. The molecule has 0 aliphatic heterocycles. The molecule has 3 heteroatoms. The smallest absolute Gasteiger partial charge is 0.107 e. The standard InChI is InChI=1S/C14H18N2S/c1-12(13-6-4-3-5-7-13)10-16(2)11-14-15-8-9-17-14/h3-9,12H,10-11H2,1-2H3. The molecule has 1 heterocycles. The van der Waals surface area contributed by atoms with Gasteiger partial charge in [0.1, 0.15) is 5.01 Å². The summed E-state index contributed by atoms with van der Waals surface area (Å²) in [5.74, 6) is 0.557. The lowest BCUT2D eigenvalue weighted by Crippen LogP contribution is -2.23. The summed E-state index contributed by atoms with van der Waals surface area (Å²) in [7, 11) is 2.15. The van der Waals surface area contributed by atoms with Crippen molar-refractivity contribution in [2.75, 3.05) is 13.6 Å². The van der Waals surface area contributed by atoms with Crippen LogP contribution in [0.5, 0.6) is 0 Å². The molecule has 2 rings (SSSR count). The van der Waals surface area contributed by atoms with E-state index in [1.165, 1.54) is 10.6 Å². The Morgan fingerprint density at radius 3 is 2.71 bits per heavy atom. The van der Waals surface area contributed by atoms with Crippen LogP contribution in [0.25, 0.3) is 0 Å². The molecule has 0 aliphatic carbocycles. The SMILES string of the molecule is CC(CN(C)Cc1nccs1)c1ccccc1. The highest BCUT2D eigenvalue weighted by Gasteiger charge is 2.09. The van der Waals surface area contributed by atoms with Crippen LogP contribution in [0.4, 0.5) is 0 Å². The fourth-order valence-corrected chi connectivity index (χ4v) is 2.68. The van der Waals surface area contributed by atoms with E-state index >= 15 is 0 Å². The monoisotopic (exact) mass is 246 g/mol. The Labute approximate surface area is 107 Å². The minimum absolute atomic E-state index is 0.557. The Balaban J connectivity index is 1.88. The third-order valence-corrected chi connectivity index (χ3v) is 3.61. The van der Waals surface area contributed by atoms with Gasteiger partial charge in [-0.05, 0) is 18.5 Å². The summed E-state index contributed by atoms with van der Waals surface area (Å²) in [6.45, 7) is 4.27. The summed E-state index contributed by atoms with van der Waals surface area (Å²) in [5, 5.41) is 3.22. The highest BCUT2D eigenvalue weighted by atomic mass is 32.1. The Morgan fingerprint density at radius 1 is 1.29 bits per heavy atom. The van der Waals surface area contributed by atoms with Crippen molar-refractivity contribution in [3.05, 3.63) is 52.5 Å². The van der Waals surface area contributed by atoms with Crippen LogP contribution in [0.3, 0.4) is 0 Å². The van der Waals surface area contributed by atoms with Gasteiger partial charge >= 0.3 is 0 Å². The molecule has 90 valence electrons. The van der Waals surface area contributed by atoms with E-state index in [-0.39, 0.29) is 0 Å². The summed E-state index contributed by atoms with van der Waals surface area (Å²) < 4.78 is 0. The van der Waals surface area contributed by atoms with E-state index in [1.54, 1.807) is 11.3 Å². The fourth-order valence-electron chi connectivity index (χ4n) is 1.98. The second-order valence-electron chi connectivity index (χ2n) is 4.43. The lowest BCUT2D eigenvalue weighted by molar-refractivity contribution is 0.309. The third kappa shape index (κ3) is 3.65. The lowest BCUT2D eigenvalue weighted by Gasteiger charge is -2.20.